The van der Waals surface area contributed by atoms with E-state index in [0.29, 0.717) is 6.54 Å². The average molecular weight is 412 g/mol. The molecule has 0 unspecified atom stereocenters. The van der Waals surface area contributed by atoms with Crippen molar-refractivity contribution in [2.24, 2.45) is 11.8 Å². The van der Waals surface area contributed by atoms with Crippen molar-refractivity contribution in [3.05, 3.63) is 60.8 Å². The molecule has 0 spiro atoms. The zero-order valence-corrected chi connectivity index (χ0v) is 16.9. The second-order valence-electron chi connectivity index (χ2n) is 7.65. The number of aromatic nitrogens is 1. The minimum Gasteiger partial charge on any atom is -0.361 e. The molecule has 1 aromatic heterocycles. The first-order valence-corrected chi connectivity index (χ1v) is 11.4. The van der Waals surface area contributed by atoms with Gasteiger partial charge in [-0.25, -0.2) is 13.1 Å². The number of benzene rings is 2. The third kappa shape index (κ3) is 4.68. The van der Waals surface area contributed by atoms with E-state index in [0.717, 1.165) is 42.3 Å². The van der Waals surface area contributed by atoms with Gasteiger partial charge in [-0.15, -0.1) is 0 Å². The molecule has 1 aliphatic carbocycles. The summed E-state index contributed by atoms with van der Waals surface area (Å²) in [5.74, 6) is 0.274. The zero-order chi connectivity index (χ0) is 20.3. The molecule has 3 aromatic rings. The van der Waals surface area contributed by atoms with Gasteiger partial charge < -0.3 is 10.3 Å². The zero-order valence-electron chi connectivity index (χ0n) is 16.1. The summed E-state index contributed by atoms with van der Waals surface area (Å²) >= 11 is 0. The molecule has 0 aliphatic heterocycles. The monoisotopic (exact) mass is 411 g/mol. The Morgan fingerprint density at radius 1 is 1.00 bits per heavy atom. The van der Waals surface area contributed by atoms with Crippen molar-refractivity contribution >= 4 is 32.5 Å². The van der Waals surface area contributed by atoms with Crippen LogP contribution in [0.2, 0.25) is 0 Å². The highest BCUT2D eigenvalue weighted by molar-refractivity contribution is 7.89. The van der Waals surface area contributed by atoms with Crippen molar-refractivity contribution < 1.29 is 13.2 Å². The Hall–Kier alpha value is -2.64. The number of H-pyrrole nitrogens is 1. The lowest BCUT2D eigenvalue weighted by atomic mass is 9.81. The smallest absolute Gasteiger partial charge is 0.240 e. The molecule has 1 amide bonds. The maximum Gasteiger partial charge on any atom is 0.240 e. The van der Waals surface area contributed by atoms with Crippen LogP contribution in [-0.2, 0) is 14.8 Å². The van der Waals surface area contributed by atoms with Gasteiger partial charge in [0.1, 0.15) is 0 Å². The maximum atomic E-state index is 12.6. The lowest BCUT2D eigenvalue weighted by Gasteiger charge is -2.27. The first kappa shape index (κ1) is 19.7. The maximum absolute atomic E-state index is 12.6. The topological polar surface area (TPSA) is 91.1 Å². The molecule has 2 aromatic carbocycles. The van der Waals surface area contributed by atoms with Crippen LogP contribution in [0.3, 0.4) is 0 Å². The number of amides is 1. The molecule has 152 valence electrons. The van der Waals surface area contributed by atoms with Gasteiger partial charge in [-0.2, -0.15) is 0 Å². The molecule has 1 fully saturated rings. The van der Waals surface area contributed by atoms with Crippen LogP contribution in [-0.4, -0.2) is 25.9 Å². The van der Waals surface area contributed by atoms with Crippen molar-refractivity contribution in [3.63, 3.8) is 0 Å². The average Bonchev–Trinajstić information content (AvgIpc) is 3.21. The van der Waals surface area contributed by atoms with Crippen molar-refractivity contribution in [1.29, 1.82) is 0 Å². The van der Waals surface area contributed by atoms with Crippen molar-refractivity contribution in [3.8, 4) is 0 Å². The van der Waals surface area contributed by atoms with Crippen LogP contribution in [0.1, 0.15) is 25.7 Å². The Kier molecular flexibility index (Phi) is 5.69. The van der Waals surface area contributed by atoms with E-state index in [1.54, 1.807) is 30.3 Å². The minimum atomic E-state index is -3.48. The SMILES string of the molecule is O=C(Nc1ccc2[nH]ccc2c1)C1CCC(CNS(=O)(=O)c2ccccc2)CC1. The van der Waals surface area contributed by atoms with Gasteiger partial charge in [0.15, 0.2) is 0 Å². The summed E-state index contributed by atoms with van der Waals surface area (Å²) in [6, 6.07) is 16.2. The molecule has 6 nitrogen and oxygen atoms in total. The van der Waals surface area contributed by atoms with Crippen molar-refractivity contribution in [2.75, 3.05) is 11.9 Å². The van der Waals surface area contributed by atoms with Crippen LogP contribution in [0.25, 0.3) is 10.9 Å². The molecule has 0 saturated heterocycles. The van der Waals surface area contributed by atoms with Gasteiger partial charge in [0, 0.05) is 35.2 Å². The fourth-order valence-corrected chi connectivity index (χ4v) is 5.05. The summed E-state index contributed by atoms with van der Waals surface area (Å²) in [5, 5.41) is 4.09. The standard InChI is InChI=1S/C22H25N3O3S/c26-22(25-19-10-11-21-18(14-19)12-13-23-21)17-8-6-16(7-9-17)15-24-29(27,28)20-4-2-1-3-5-20/h1-5,10-14,16-17,23-24H,6-9,15H2,(H,25,26). The fourth-order valence-electron chi connectivity index (χ4n) is 3.91. The van der Waals surface area contributed by atoms with Gasteiger partial charge in [-0.05, 0) is 68.0 Å². The Labute approximate surface area is 170 Å². The number of carbonyl (C=O) groups excluding carboxylic acids is 1. The largest absolute Gasteiger partial charge is 0.361 e. The summed E-state index contributed by atoms with van der Waals surface area (Å²) in [7, 11) is -3.48. The molecule has 1 saturated carbocycles. The van der Waals surface area contributed by atoms with Crippen LogP contribution < -0.4 is 10.0 Å². The number of anilines is 1. The van der Waals surface area contributed by atoms with Crippen molar-refractivity contribution in [2.45, 2.75) is 30.6 Å². The number of hydrogen-bond donors (Lipinski definition) is 3. The number of carbonyl (C=O) groups is 1. The number of nitrogens with one attached hydrogen (secondary N) is 3. The van der Waals surface area contributed by atoms with Crippen LogP contribution in [0.15, 0.2) is 65.7 Å². The predicted molar refractivity (Wildman–Crippen MR) is 114 cm³/mol. The number of hydrogen-bond acceptors (Lipinski definition) is 3. The molecule has 4 rings (SSSR count). The second-order valence-corrected chi connectivity index (χ2v) is 9.42. The van der Waals surface area contributed by atoms with Crippen LogP contribution in [0, 0.1) is 11.8 Å². The highest BCUT2D eigenvalue weighted by Crippen LogP contribution is 2.30. The van der Waals surface area contributed by atoms with Gasteiger partial charge in [-0.3, -0.25) is 4.79 Å². The molecule has 7 heteroatoms. The summed E-state index contributed by atoms with van der Waals surface area (Å²) < 4.78 is 27.4. The van der Waals surface area contributed by atoms with Gasteiger partial charge in [0.25, 0.3) is 0 Å². The third-order valence-corrected chi connectivity index (χ3v) is 7.09. The number of fused-ring (bicyclic) bond motifs is 1. The van der Waals surface area contributed by atoms with E-state index in [-0.39, 0.29) is 22.6 Å². The summed E-state index contributed by atoms with van der Waals surface area (Å²) in [6.45, 7) is 0.412. The van der Waals surface area contributed by atoms with E-state index >= 15 is 0 Å². The summed E-state index contributed by atoms with van der Waals surface area (Å²) in [4.78, 5) is 16.0. The first-order chi connectivity index (χ1) is 14.0. The highest BCUT2D eigenvalue weighted by Gasteiger charge is 2.27. The summed E-state index contributed by atoms with van der Waals surface area (Å²) in [6.07, 6.45) is 5.11. The van der Waals surface area contributed by atoms with E-state index in [1.165, 1.54) is 0 Å². The fraction of sp³-hybridized carbons (Fsp3) is 0.318. The molecule has 1 aliphatic rings. The number of sulfonamides is 1. The Bertz CT molecular complexity index is 1080. The third-order valence-electron chi connectivity index (χ3n) is 5.65. The minimum absolute atomic E-state index is 0.0288. The summed E-state index contributed by atoms with van der Waals surface area (Å²) in [5.41, 5.74) is 1.85. The molecule has 0 radical (unpaired) electrons. The van der Waals surface area contributed by atoms with Crippen LogP contribution in [0.5, 0.6) is 0 Å². The second kappa shape index (κ2) is 8.39. The van der Waals surface area contributed by atoms with Crippen molar-refractivity contribution in [1.82, 2.24) is 9.71 Å². The number of rotatable bonds is 6. The normalized spacial score (nSPS) is 19.9. The Morgan fingerprint density at radius 2 is 1.76 bits per heavy atom. The molecular formula is C22H25N3O3S. The quantitative estimate of drug-likeness (QED) is 0.575. The van der Waals surface area contributed by atoms with Gasteiger partial charge >= 0.3 is 0 Å². The van der Waals surface area contributed by atoms with Crippen LogP contribution in [0.4, 0.5) is 5.69 Å². The molecule has 1 heterocycles. The van der Waals surface area contributed by atoms with Gasteiger partial charge in [-0.1, -0.05) is 18.2 Å². The molecule has 0 atom stereocenters. The molecule has 3 N–H and O–H groups in total. The Morgan fingerprint density at radius 3 is 2.52 bits per heavy atom. The Balaban J connectivity index is 1.27. The highest BCUT2D eigenvalue weighted by atomic mass is 32.2. The van der Waals surface area contributed by atoms with E-state index in [2.05, 4.69) is 15.0 Å². The lowest BCUT2D eigenvalue weighted by Crippen LogP contribution is -2.33. The van der Waals surface area contributed by atoms with E-state index in [1.807, 2.05) is 30.5 Å². The molecular weight excluding hydrogens is 386 g/mol. The van der Waals surface area contributed by atoms with E-state index in [9.17, 15) is 13.2 Å². The number of aromatic amines is 1. The van der Waals surface area contributed by atoms with E-state index in [4.69, 9.17) is 0 Å². The van der Waals surface area contributed by atoms with Crippen LogP contribution >= 0.6 is 0 Å². The molecule has 29 heavy (non-hydrogen) atoms. The molecule has 0 bridgehead atoms. The predicted octanol–water partition coefficient (Wildman–Crippen LogP) is 3.89. The first-order valence-electron chi connectivity index (χ1n) is 9.94. The van der Waals surface area contributed by atoms with Gasteiger partial charge in [0.05, 0.1) is 4.90 Å². The lowest BCUT2D eigenvalue weighted by molar-refractivity contribution is -0.121. The van der Waals surface area contributed by atoms with Gasteiger partial charge in [0.2, 0.25) is 15.9 Å². The van der Waals surface area contributed by atoms with E-state index < -0.39 is 10.0 Å².